The monoisotopic (exact) mass is 237 g/mol. The average Bonchev–Trinajstić information content (AvgIpc) is 2.44. The standard InChI is InChI=1S/C14H11N3O/c1-17-12-7-3-2-6-11(12)16-13(14(17)18)10-5-4-8-15-9-10/h2-9H,1H3. The van der Waals surface area contributed by atoms with Crippen molar-refractivity contribution in [2.45, 2.75) is 0 Å². The van der Waals surface area contributed by atoms with Crippen LogP contribution >= 0.6 is 0 Å². The SMILES string of the molecule is Cn1c(=O)c(-c2cccnc2)nc2ccccc21. The summed E-state index contributed by atoms with van der Waals surface area (Å²) in [6, 6.07) is 11.2. The van der Waals surface area contributed by atoms with Gasteiger partial charge in [-0.25, -0.2) is 4.98 Å². The van der Waals surface area contributed by atoms with Gasteiger partial charge in [-0.05, 0) is 24.3 Å². The van der Waals surface area contributed by atoms with Gasteiger partial charge in [0, 0.05) is 25.0 Å². The highest BCUT2D eigenvalue weighted by molar-refractivity contribution is 5.77. The lowest BCUT2D eigenvalue weighted by Gasteiger charge is -2.07. The van der Waals surface area contributed by atoms with Crippen LogP contribution in [0.5, 0.6) is 0 Å². The van der Waals surface area contributed by atoms with Crippen LogP contribution < -0.4 is 5.56 Å². The van der Waals surface area contributed by atoms with Gasteiger partial charge in [0.2, 0.25) is 0 Å². The molecule has 3 aromatic rings. The zero-order valence-electron chi connectivity index (χ0n) is 9.87. The van der Waals surface area contributed by atoms with E-state index in [4.69, 9.17) is 0 Å². The molecule has 0 N–H and O–H groups in total. The Labute approximate surface area is 104 Å². The second-order valence-electron chi connectivity index (χ2n) is 4.05. The summed E-state index contributed by atoms with van der Waals surface area (Å²) >= 11 is 0. The summed E-state index contributed by atoms with van der Waals surface area (Å²) in [7, 11) is 1.76. The fraction of sp³-hybridized carbons (Fsp3) is 0.0714. The number of benzene rings is 1. The predicted molar refractivity (Wildman–Crippen MR) is 70.2 cm³/mol. The highest BCUT2D eigenvalue weighted by atomic mass is 16.1. The summed E-state index contributed by atoms with van der Waals surface area (Å²) in [5, 5.41) is 0. The maximum atomic E-state index is 12.3. The van der Waals surface area contributed by atoms with Gasteiger partial charge in [-0.15, -0.1) is 0 Å². The first-order valence-electron chi connectivity index (χ1n) is 5.63. The Hall–Kier alpha value is -2.49. The molecule has 2 aromatic heterocycles. The van der Waals surface area contributed by atoms with Crippen molar-refractivity contribution in [1.29, 1.82) is 0 Å². The molecule has 0 saturated carbocycles. The van der Waals surface area contributed by atoms with Crippen molar-refractivity contribution < 1.29 is 0 Å². The molecule has 0 aliphatic rings. The first-order chi connectivity index (χ1) is 8.77. The quantitative estimate of drug-likeness (QED) is 0.650. The highest BCUT2D eigenvalue weighted by Crippen LogP contribution is 2.15. The van der Waals surface area contributed by atoms with E-state index in [2.05, 4.69) is 9.97 Å². The first kappa shape index (κ1) is 10.7. The maximum absolute atomic E-state index is 12.3. The lowest BCUT2D eigenvalue weighted by Crippen LogP contribution is -2.20. The molecule has 0 bridgehead atoms. The van der Waals surface area contributed by atoms with Crippen molar-refractivity contribution in [2.75, 3.05) is 0 Å². The fourth-order valence-corrected chi connectivity index (χ4v) is 1.97. The number of hydrogen-bond acceptors (Lipinski definition) is 3. The number of rotatable bonds is 1. The van der Waals surface area contributed by atoms with Crippen LogP contribution in [0, 0.1) is 0 Å². The van der Waals surface area contributed by atoms with Crippen LogP contribution in [0.25, 0.3) is 22.3 Å². The van der Waals surface area contributed by atoms with E-state index in [1.807, 2.05) is 30.3 Å². The smallest absolute Gasteiger partial charge is 0.277 e. The summed E-state index contributed by atoms with van der Waals surface area (Å²) in [5.41, 5.74) is 2.70. The van der Waals surface area contributed by atoms with Crippen molar-refractivity contribution in [1.82, 2.24) is 14.5 Å². The van der Waals surface area contributed by atoms with E-state index < -0.39 is 0 Å². The zero-order valence-corrected chi connectivity index (χ0v) is 9.87. The van der Waals surface area contributed by atoms with Gasteiger partial charge < -0.3 is 4.57 Å². The average molecular weight is 237 g/mol. The topological polar surface area (TPSA) is 47.8 Å². The number of pyridine rings is 1. The lowest BCUT2D eigenvalue weighted by atomic mass is 10.2. The van der Waals surface area contributed by atoms with E-state index in [1.54, 1.807) is 30.1 Å². The van der Waals surface area contributed by atoms with Crippen LogP contribution in [-0.2, 0) is 7.05 Å². The second-order valence-corrected chi connectivity index (χ2v) is 4.05. The Bertz CT molecular complexity index is 763. The maximum Gasteiger partial charge on any atom is 0.277 e. The third kappa shape index (κ3) is 1.59. The van der Waals surface area contributed by atoms with E-state index in [-0.39, 0.29) is 5.56 Å². The van der Waals surface area contributed by atoms with Gasteiger partial charge in [0.15, 0.2) is 0 Å². The number of hydrogen-bond donors (Lipinski definition) is 0. The first-order valence-corrected chi connectivity index (χ1v) is 5.63. The molecule has 0 radical (unpaired) electrons. The van der Waals surface area contributed by atoms with Gasteiger partial charge in [0.1, 0.15) is 5.69 Å². The number of para-hydroxylation sites is 2. The highest BCUT2D eigenvalue weighted by Gasteiger charge is 2.09. The molecule has 0 aliphatic heterocycles. The van der Waals surface area contributed by atoms with E-state index in [0.29, 0.717) is 5.69 Å². The number of nitrogens with zero attached hydrogens (tertiary/aromatic N) is 3. The lowest BCUT2D eigenvalue weighted by molar-refractivity contribution is 0.895. The molecular weight excluding hydrogens is 226 g/mol. The minimum absolute atomic E-state index is 0.110. The molecule has 1 aromatic carbocycles. The molecular formula is C14H11N3O. The van der Waals surface area contributed by atoms with Gasteiger partial charge in [-0.3, -0.25) is 9.78 Å². The molecule has 2 heterocycles. The molecule has 0 aliphatic carbocycles. The molecule has 0 spiro atoms. The molecule has 88 valence electrons. The Balaban J connectivity index is 2.38. The molecule has 0 amide bonds. The minimum Gasteiger partial charge on any atom is -0.308 e. The van der Waals surface area contributed by atoms with Crippen LogP contribution in [0.3, 0.4) is 0 Å². The molecule has 0 fully saturated rings. The van der Waals surface area contributed by atoms with Gasteiger partial charge in [-0.2, -0.15) is 0 Å². The van der Waals surface area contributed by atoms with Crippen molar-refractivity contribution in [3.05, 3.63) is 59.1 Å². The van der Waals surface area contributed by atoms with Crippen molar-refractivity contribution in [3.63, 3.8) is 0 Å². The summed E-state index contributed by atoms with van der Waals surface area (Å²) in [6.07, 6.45) is 3.33. The van der Waals surface area contributed by atoms with E-state index in [9.17, 15) is 4.79 Å². The van der Waals surface area contributed by atoms with Crippen LogP contribution in [0.1, 0.15) is 0 Å². The number of aryl methyl sites for hydroxylation is 1. The molecule has 0 unspecified atom stereocenters. The van der Waals surface area contributed by atoms with Crippen molar-refractivity contribution in [3.8, 4) is 11.3 Å². The molecule has 0 atom stereocenters. The number of fused-ring (bicyclic) bond motifs is 1. The molecule has 4 heteroatoms. The normalized spacial score (nSPS) is 10.7. The summed E-state index contributed by atoms with van der Waals surface area (Å²) < 4.78 is 1.62. The Morgan fingerprint density at radius 2 is 1.94 bits per heavy atom. The van der Waals surface area contributed by atoms with Crippen LogP contribution in [0.15, 0.2) is 53.6 Å². The minimum atomic E-state index is -0.110. The van der Waals surface area contributed by atoms with Crippen LogP contribution in [0.2, 0.25) is 0 Å². The molecule has 3 rings (SSSR count). The summed E-state index contributed by atoms with van der Waals surface area (Å²) in [4.78, 5) is 20.7. The van der Waals surface area contributed by atoms with Crippen LogP contribution in [0.4, 0.5) is 0 Å². The zero-order chi connectivity index (χ0) is 12.5. The van der Waals surface area contributed by atoms with E-state index in [1.165, 1.54) is 0 Å². The molecule has 0 saturated heterocycles. The van der Waals surface area contributed by atoms with Crippen LogP contribution in [-0.4, -0.2) is 14.5 Å². The third-order valence-corrected chi connectivity index (χ3v) is 2.92. The Morgan fingerprint density at radius 3 is 2.72 bits per heavy atom. The third-order valence-electron chi connectivity index (χ3n) is 2.92. The fourth-order valence-electron chi connectivity index (χ4n) is 1.97. The Morgan fingerprint density at radius 1 is 1.11 bits per heavy atom. The number of aromatic nitrogens is 3. The van der Waals surface area contributed by atoms with Crippen molar-refractivity contribution in [2.24, 2.45) is 7.05 Å². The molecule has 4 nitrogen and oxygen atoms in total. The molecule has 18 heavy (non-hydrogen) atoms. The van der Waals surface area contributed by atoms with E-state index >= 15 is 0 Å². The van der Waals surface area contributed by atoms with Gasteiger partial charge in [0.25, 0.3) is 5.56 Å². The Kier molecular flexibility index (Phi) is 2.41. The van der Waals surface area contributed by atoms with Crippen molar-refractivity contribution >= 4 is 11.0 Å². The van der Waals surface area contributed by atoms with E-state index in [0.717, 1.165) is 16.6 Å². The predicted octanol–water partition coefficient (Wildman–Crippen LogP) is 2.00. The van der Waals surface area contributed by atoms with Gasteiger partial charge in [-0.1, -0.05) is 12.1 Å². The van der Waals surface area contributed by atoms with Gasteiger partial charge >= 0.3 is 0 Å². The second kappa shape index (κ2) is 4.07. The summed E-state index contributed by atoms with van der Waals surface area (Å²) in [5.74, 6) is 0. The summed E-state index contributed by atoms with van der Waals surface area (Å²) in [6.45, 7) is 0. The van der Waals surface area contributed by atoms with Gasteiger partial charge in [0.05, 0.1) is 11.0 Å². The largest absolute Gasteiger partial charge is 0.308 e.